The summed E-state index contributed by atoms with van der Waals surface area (Å²) in [6.07, 6.45) is 3.38. The molecule has 0 unspecified atom stereocenters. The minimum atomic E-state index is -0.244. The van der Waals surface area contributed by atoms with E-state index in [2.05, 4.69) is 26.1 Å². The second kappa shape index (κ2) is 6.25. The number of hydrogen-bond donors (Lipinski definition) is 1. The standard InChI is InChI=1S/C16H32N2O/c1-15(2,3)9-10-17-13-7-11-18(12-8-13)14(19)16(4,5)6/h13,17H,7-12H2,1-6H3. The Morgan fingerprint density at radius 2 is 1.63 bits per heavy atom. The third-order valence-electron chi connectivity index (χ3n) is 3.73. The summed E-state index contributed by atoms with van der Waals surface area (Å²) in [5.74, 6) is 0.292. The van der Waals surface area contributed by atoms with Crippen molar-refractivity contribution >= 4 is 5.91 Å². The van der Waals surface area contributed by atoms with Gasteiger partial charge in [-0.25, -0.2) is 0 Å². The number of amides is 1. The normalized spacial score (nSPS) is 18.7. The van der Waals surface area contributed by atoms with Crippen LogP contribution in [0.5, 0.6) is 0 Å². The summed E-state index contributed by atoms with van der Waals surface area (Å²) in [5.41, 5.74) is 0.155. The van der Waals surface area contributed by atoms with Crippen LogP contribution in [0.3, 0.4) is 0 Å². The van der Waals surface area contributed by atoms with E-state index in [-0.39, 0.29) is 5.41 Å². The highest BCUT2D eigenvalue weighted by atomic mass is 16.2. The van der Waals surface area contributed by atoms with Crippen molar-refractivity contribution in [2.75, 3.05) is 19.6 Å². The second-order valence-corrected chi connectivity index (χ2v) is 8.08. The lowest BCUT2D eigenvalue weighted by Gasteiger charge is -2.36. The van der Waals surface area contributed by atoms with Gasteiger partial charge in [0.1, 0.15) is 0 Å². The first-order valence-electron chi connectivity index (χ1n) is 7.62. The number of carbonyl (C=O) groups is 1. The molecule has 1 rings (SSSR count). The average Bonchev–Trinajstić information content (AvgIpc) is 2.26. The van der Waals surface area contributed by atoms with Crippen LogP contribution in [0, 0.1) is 10.8 Å². The second-order valence-electron chi connectivity index (χ2n) is 8.08. The van der Waals surface area contributed by atoms with E-state index in [0.717, 1.165) is 32.5 Å². The lowest BCUT2D eigenvalue weighted by Crippen LogP contribution is -2.48. The molecule has 0 atom stereocenters. The Hall–Kier alpha value is -0.570. The maximum absolute atomic E-state index is 12.2. The van der Waals surface area contributed by atoms with E-state index in [1.54, 1.807) is 0 Å². The van der Waals surface area contributed by atoms with Crippen LogP contribution in [0.4, 0.5) is 0 Å². The van der Waals surface area contributed by atoms with Gasteiger partial charge in [0.05, 0.1) is 0 Å². The predicted molar refractivity (Wildman–Crippen MR) is 81.1 cm³/mol. The van der Waals surface area contributed by atoms with Crippen molar-refractivity contribution in [3.8, 4) is 0 Å². The largest absolute Gasteiger partial charge is 0.342 e. The lowest BCUT2D eigenvalue weighted by atomic mass is 9.91. The van der Waals surface area contributed by atoms with E-state index in [1.165, 1.54) is 6.42 Å². The zero-order valence-electron chi connectivity index (χ0n) is 13.7. The van der Waals surface area contributed by atoms with Gasteiger partial charge in [0.25, 0.3) is 0 Å². The molecule has 0 aliphatic carbocycles. The zero-order valence-corrected chi connectivity index (χ0v) is 13.7. The molecule has 0 saturated carbocycles. The Morgan fingerprint density at radius 3 is 2.05 bits per heavy atom. The van der Waals surface area contributed by atoms with Gasteiger partial charge in [0.15, 0.2) is 0 Å². The van der Waals surface area contributed by atoms with E-state index in [9.17, 15) is 4.79 Å². The molecule has 19 heavy (non-hydrogen) atoms. The highest BCUT2D eigenvalue weighted by Crippen LogP contribution is 2.21. The maximum Gasteiger partial charge on any atom is 0.227 e. The number of hydrogen-bond acceptors (Lipinski definition) is 2. The third kappa shape index (κ3) is 5.94. The Morgan fingerprint density at radius 1 is 1.11 bits per heavy atom. The summed E-state index contributed by atoms with van der Waals surface area (Å²) in [6.45, 7) is 15.7. The summed E-state index contributed by atoms with van der Waals surface area (Å²) >= 11 is 0. The molecule has 0 spiro atoms. The maximum atomic E-state index is 12.2. The minimum absolute atomic E-state index is 0.244. The van der Waals surface area contributed by atoms with Gasteiger partial charge < -0.3 is 10.2 Å². The first-order chi connectivity index (χ1) is 8.59. The number of rotatable bonds is 3. The van der Waals surface area contributed by atoms with E-state index in [1.807, 2.05) is 25.7 Å². The Kier molecular flexibility index (Phi) is 5.43. The molecule has 0 aromatic rings. The van der Waals surface area contributed by atoms with Crippen molar-refractivity contribution in [3.05, 3.63) is 0 Å². The highest BCUT2D eigenvalue weighted by Gasteiger charge is 2.30. The number of nitrogens with one attached hydrogen (secondary N) is 1. The number of nitrogens with zero attached hydrogens (tertiary/aromatic N) is 1. The van der Waals surface area contributed by atoms with Crippen molar-refractivity contribution in [2.24, 2.45) is 10.8 Å². The topological polar surface area (TPSA) is 32.3 Å². The predicted octanol–water partition coefficient (Wildman–Crippen LogP) is 3.05. The van der Waals surface area contributed by atoms with Crippen molar-refractivity contribution in [2.45, 2.75) is 66.8 Å². The van der Waals surface area contributed by atoms with Gasteiger partial charge in [0.2, 0.25) is 5.91 Å². The molecule has 3 heteroatoms. The molecular weight excluding hydrogens is 236 g/mol. The fourth-order valence-electron chi connectivity index (χ4n) is 2.41. The minimum Gasteiger partial charge on any atom is -0.342 e. The molecule has 0 aromatic carbocycles. The van der Waals surface area contributed by atoms with Crippen LogP contribution >= 0.6 is 0 Å². The van der Waals surface area contributed by atoms with Crippen molar-refractivity contribution in [3.63, 3.8) is 0 Å². The first kappa shape index (κ1) is 16.5. The summed E-state index contributed by atoms with van der Waals surface area (Å²) < 4.78 is 0. The number of likely N-dealkylation sites (tertiary alicyclic amines) is 1. The quantitative estimate of drug-likeness (QED) is 0.853. The van der Waals surface area contributed by atoms with Crippen LogP contribution in [-0.2, 0) is 4.79 Å². The van der Waals surface area contributed by atoms with Crippen LogP contribution in [-0.4, -0.2) is 36.5 Å². The van der Waals surface area contributed by atoms with Crippen LogP contribution in [0.2, 0.25) is 0 Å². The Labute approximate surface area is 119 Å². The highest BCUT2D eigenvalue weighted by molar-refractivity contribution is 5.81. The molecular formula is C16H32N2O. The molecule has 112 valence electrons. The molecule has 1 saturated heterocycles. The molecule has 1 amide bonds. The van der Waals surface area contributed by atoms with Gasteiger partial charge in [-0.05, 0) is 31.2 Å². The molecule has 0 radical (unpaired) electrons. The monoisotopic (exact) mass is 268 g/mol. The van der Waals surface area contributed by atoms with Gasteiger partial charge in [-0.2, -0.15) is 0 Å². The van der Waals surface area contributed by atoms with E-state index < -0.39 is 0 Å². The van der Waals surface area contributed by atoms with Gasteiger partial charge >= 0.3 is 0 Å². The zero-order chi connectivity index (χ0) is 14.7. The Balaban J connectivity index is 2.28. The summed E-state index contributed by atoms with van der Waals surface area (Å²) in [4.78, 5) is 14.2. The van der Waals surface area contributed by atoms with Crippen molar-refractivity contribution in [1.82, 2.24) is 10.2 Å². The number of carbonyl (C=O) groups excluding carboxylic acids is 1. The first-order valence-corrected chi connectivity index (χ1v) is 7.62. The number of piperidine rings is 1. The van der Waals surface area contributed by atoms with Crippen LogP contribution < -0.4 is 5.32 Å². The summed E-state index contributed by atoms with van der Waals surface area (Å²) in [7, 11) is 0. The fraction of sp³-hybridized carbons (Fsp3) is 0.938. The molecule has 1 aliphatic heterocycles. The molecule has 1 N–H and O–H groups in total. The van der Waals surface area contributed by atoms with E-state index in [0.29, 0.717) is 17.4 Å². The van der Waals surface area contributed by atoms with Crippen LogP contribution in [0.1, 0.15) is 60.8 Å². The summed E-state index contributed by atoms with van der Waals surface area (Å²) in [5, 5.41) is 3.64. The molecule has 1 aliphatic rings. The van der Waals surface area contributed by atoms with Crippen molar-refractivity contribution < 1.29 is 4.79 Å². The van der Waals surface area contributed by atoms with Gasteiger partial charge in [-0.15, -0.1) is 0 Å². The molecule has 1 fully saturated rings. The SMILES string of the molecule is CC(C)(C)CCNC1CCN(C(=O)C(C)(C)C)CC1. The third-order valence-corrected chi connectivity index (χ3v) is 3.73. The molecule has 3 nitrogen and oxygen atoms in total. The average molecular weight is 268 g/mol. The van der Waals surface area contributed by atoms with Crippen LogP contribution in [0.15, 0.2) is 0 Å². The van der Waals surface area contributed by atoms with Crippen LogP contribution in [0.25, 0.3) is 0 Å². The lowest BCUT2D eigenvalue weighted by molar-refractivity contribution is -0.140. The molecule has 1 heterocycles. The molecule has 0 aromatic heterocycles. The fourth-order valence-corrected chi connectivity index (χ4v) is 2.41. The summed E-state index contributed by atoms with van der Waals surface area (Å²) in [6, 6.07) is 0.589. The van der Waals surface area contributed by atoms with E-state index in [4.69, 9.17) is 0 Å². The molecule has 0 bridgehead atoms. The smallest absolute Gasteiger partial charge is 0.227 e. The van der Waals surface area contributed by atoms with Gasteiger partial charge in [-0.1, -0.05) is 41.5 Å². The van der Waals surface area contributed by atoms with Crippen molar-refractivity contribution in [1.29, 1.82) is 0 Å². The van der Waals surface area contributed by atoms with E-state index >= 15 is 0 Å². The van der Waals surface area contributed by atoms with Gasteiger partial charge in [-0.3, -0.25) is 4.79 Å². The van der Waals surface area contributed by atoms with Gasteiger partial charge in [0, 0.05) is 24.5 Å². The Bertz CT molecular complexity index is 291.